The van der Waals surface area contributed by atoms with E-state index in [1.165, 1.54) is 25.7 Å². The summed E-state index contributed by atoms with van der Waals surface area (Å²) in [6, 6.07) is 3.56. The maximum Gasteiger partial charge on any atom is 0.475 e. The van der Waals surface area contributed by atoms with Gasteiger partial charge in [0.1, 0.15) is 5.15 Å². The Morgan fingerprint density at radius 2 is 1.88 bits per heavy atom. The van der Waals surface area contributed by atoms with Crippen LogP contribution in [0.1, 0.15) is 104 Å². The Bertz CT molecular complexity index is 1170. The van der Waals surface area contributed by atoms with Crippen LogP contribution in [0.5, 0.6) is 0 Å². The number of rotatable bonds is 7. The minimum atomic E-state index is -3.66. The fourth-order valence-electron chi connectivity index (χ4n) is 10.9. The third-order valence-corrected chi connectivity index (χ3v) is 14.7. The van der Waals surface area contributed by atoms with Gasteiger partial charge in [0.15, 0.2) is 0 Å². The average Bonchev–Trinajstić information content (AvgIpc) is 3.31. The lowest BCUT2D eigenvalue weighted by atomic mass is 9.41. The van der Waals surface area contributed by atoms with E-state index in [9.17, 15) is 14.8 Å². The summed E-state index contributed by atoms with van der Waals surface area (Å²) >= 11 is 6.06. The molecule has 2 N–H and O–H groups in total. The van der Waals surface area contributed by atoms with Gasteiger partial charge >= 0.3 is 7.82 Å². The van der Waals surface area contributed by atoms with E-state index in [2.05, 4.69) is 32.7 Å². The van der Waals surface area contributed by atoms with Crippen molar-refractivity contribution in [1.82, 2.24) is 4.98 Å². The highest BCUT2D eigenvalue weighted by Crippen LogP contribution is 2.69. The van der Waals surface area contributed by atoms with Crippen LogP contribution in [0.25, 0.3) is 0 Å². The van der Waals surface area contributed by atoms with Crippen LogP contribution >= 0.6 is 19.4 Å². The molecule has 0 aromatic carbocycles. The first kappa shape index (κ1) is 31.5. The van der Waals surface area contributed by atoms with Crippen LogP contribution in [0.3, 0.4) is 0 Å². The van der Waals surface area contributed by atoms with Crippen molar-refractivity contribution in [1.29, 1.82) is 0 Å². The zero-order valence-corrected chi connectivity index (χ0v) is 27.4. The molecule has 13 atom stereocenters. The molecule has 5 aliphatic rings. The van der Waals surface area contributed by atoms with Gasteiger partial charge in [0, 0.05) is 12.6 Å². The second-order valence-corrected chi connectivity index (χ2v) is 16.8. The van der Waals surface area contributed by atoms with Crippen molar-refractivity contribution >= 4 is 19.4 Å². The summed E-state index contributed by atoms with van der Waals surface area (Å²) in [7, 11) is -3.66. The molecular weight excluding hydrogens is 573 g/mol. The SMILES string of the molecule is CC[C@@H]1C2C[C@H](O)CC[C@]2(C)C2CC[C@@]3(C)C(CC[C@@H]3[C@H](C)CCO[P@@]3(=O)OCC[C@H](c4ccnc(Cl)c4)O3)C2[C@@H]1O. The second-order valence-electron chi connectivity index (χ2n) is 14.8. The number of hydrogen-bond acceptors (Lipinski definition) is 7. The van der Waals surface area contributed by atoms with Gasteiger partial charge in [0.25, 0.3) is 0 Å². The molecule has 0 bridgehead atoms. The number of aromatic nitrogens is 1. The first-order valence-electron chi connectivity index (χ1n) is 16.5. The van der Waals surface area contributed by atoms with Crippen molar-refractivity contribution in [3.05, 3.63) is 29.0 Å². The molecule has 9 heteroatoms. The highest BCUT2D eigenvalue weighted by Gasteiger charge is 2.64. The van der Waals surface area contributed by atoms with Crippen molar-refractivity contribution in [3.8, 4) is 0 Å². The molecule has 7 nitrogen and oxygen atoms in total. The number of phosphoric acid groups is 1. The molecule has 4 saturated carbocycles. The van der Waals surface area contributed by atoms with Crippen molar-refractivity contribution in [2.75, 3.05) is 13.2 Å². The third-order valence-electron chi connectivity index (χ3n) is 13.0. The minimum Gasteiger partial charge on any atom is -0.393 e. The average molecular weight is 624 g/mol. The van der Waals surface area contributed by atoms with Gasteiger partial charge in [-0.05, 0) is 121 Å². The van der Waals surface area contributed by atoms with E-state index in [1.807, 2.05) is 6.07 Å². The highest BCUT2D eigenvalue weighted by molar-refractivity contribution is 7.48. The molecule has 236 valence electrons. The molecule has 1 saturated heterocycles. The number of halogens is 1. The number of hydrogen-bond donors (Lipinski definition) is 2. The Hall–Kier alpha value is -0.530. The molecule has 4 unspecified atom stereocenters. The Labute approximate surface area is 257 Å². The number of aliphatic hydroxyl groups excluding tert-OH is 2. The van der Waals surface area contributed by atoms with Crippen molar-refractivity contribution in [2.24, 2.45) is 52.3 Å². The van der Waals surface area contributed by atoms with Gasteiger partial charge in [0.05, 0.1) is 31.5 Å². The summed E-state index contributed by atoms with van der Waals surface area (Å²) in [6.07, 6.45) is 10.7. The van der Waals surface area contributed by atoms with Crippen LogP contribution < -0.4 is 0 Å². The van der Waals surface area contributed by atoms with Crippen LogP contribution in [0.4, 0.5) is 0 Å². The zero-order valence-electron chi connectivity index (χ0n) is 25.8. The molecule has 5 fully saturated rings. The lowest BCUT2D eigenvalue weighted by Crippen LogP contribution is -2.62. The van der Waals surface area contributed by atoms with Gasteiger partial charge < -0.3 is 10.2 Å². The molecule has 42 heavy (non-hydrogen) atoms. The number of pyridine rings is 1. The van der Waals surface area contributed by atoms with Crippen molar-refractivity contribution in [3.63, 3.8) is 0 Å². The predicted molar refractivity (Wildman–Crippen MR) is 163 cm³/mol. The van der Waals surface area contributed by atoms with Gasteiger partial charge in [-0.2, -0.15) is 0 Å². The Balaban J connectivity index is 1.10. The minimum absolute atomic E-state index is 0.186. The van der Waals surface area contributed by atoms with Gasteiger partial charge in [-0.1, -0.05) is 45.7 Å². The molecule has 1 aliphatic heterocycles. The highest BCUT2D eigenvalue weighted by atomic mass is 35.5. The monoisotopic (exact) mass is 623 g/mol. The van der Waals surface area contributed by atoms with E-state index in [0.29, 0.717) is 60.3 Å². The molecule has 4 aliphatic carbocycles. The quantitative estimate of drug-likeness (QED) is 0.235. The van der Waals surface area contributed by atoms with Crippen LogP contribution in [0.15, 0.2) is 18.3 Å². The van der Waals surface area contributed by atoms with Gasteiger partial charge in [-0.15, -0.1) is 0 Å². The van der Waals surface area contributed by atoms with Crippen molar-refractivity contribution < 1.29 is 28.3 Å². The lowest BCUT2D eigenvalue weighted by molar-refractivity contribution is -0.203. The Kier molecular flexibility index (Phi) is 8.99. The molecule has 6 rings (SSSR count). The number of phosphoric ester groups is 1. The van der Waals surface area contributed by atoms with E-state index < -0.39 is 13.9 Å². The van der Waals surface area contributed by atoms with E-state index in [-0.39, 0.29) is 29.0 Å². The van der Waals surface area contributed by atoms with Gasteiger partial charge in [-0.3, -0.25) is 13.6 Å². The molecule has 0 spiro atoms. The van der Waals surface area contributed by atoms with E-state index in [0.717, 1.165) is 37.7 Å². The van der Waals surface area contributed by atoms with Crippen LogP contribution in [0.2, 0.25) is 5.15 Å². The first-order chi connectivity index (χ1) is 20.0. The lowest BCUT2D eigenvalue weighted by Gasteiger charge is -2.64. The predicted octanol–water partition coefficient (Wildman–Crippen LogP) is 7.99. The van der Waals surface area contributed by atoms with Gasteiger partial charge in [-0.25, -0.2) is 9.55 Å². The fraction of sp³-hybridized carbons (Fsp3) is 0.848. The number of aliphatic hydroxyl groups is 2. The molecule has 1 aromatic heterocycles. The summed E-state index contributed by atoms with van der Waals surface area (Å²) in [5.74, 6) is 3.04. The Morgan fingerprint density at radius 3 is 2.64 bits per heavy atom. The molecule has 0 amide bonds. The third kappa shape index (κ3) is 5.46. The van der Waals surface area contributed by atoms with Gasteiger partial charge in [0.2, 0.25) is 0 Å². The van der Waals surface area contributed by atoms with Crippen LogP contribution in [0, 0.1) is 52.3 Å². The molecule has 2 heterocycles. The summed E-state index contributed by atoms with van der Waals surface area (Å²) < 4.78 is 30.6. The summed E-state index contributed by atoms with van der Waals surface area (Å²) in [6.45, 7) is 10.2. The first-order valence-corrected chi connectivity index (χ1v) is 18.4. The molecule has 0 radical (unpaired) electrons. The zero-order chi connectivity index (χ0) is 29.9. The maximum atomic E-state index is 13.4. The topological polar surface area (TPSA) is 98.1 Å². The second kappa shape index (κ2) is 12.0. The number of nitrogens with zero attached hydrogens (tertiary/aromatic N) is 1. The summed E-state index contributed by atoms with van der Waals surface area (Å²) in [4.78, 5) is 4.03. The smallest absolute Gasteiger partial charge is 0.393 e. The fourth-order valence-corrected chi connectivity index (χ4v) is 12.5. The van der Waals surface area contributed by atoms with Crippen LogP contribution in [-0.2, 0) is 18.1 Å². The number of fused-ring (bicyclic) bond motifs is 5. The van der Waals surface area contributed by atoms with E-state index in [4.69, 9.17) is 25.2 Å². The maximum absolute atomic E-state index is 13.4. The summed E-state index contributed by atoms with van der Waals surface area (Å²) in [5, 5.41) is 22.9. The molecule has 1 aromatic rings. The Morgan fingerprint density at radius 1 is 1.12 bits per heavy atom. The molecular formula is C33H51ClNO6P. The normalized spacial score (nSPS) is 47.7. The van der Waals surface area contributed by atoms with E-state index in [1.54, 1.807) is 12.3 Å². The van der Waals surface area contributed by atoms with E-state index >= 15 is 0 Å². The summed E-state index contributed by atoms with van der Waals surface area (Å²) in [5.41, 5.74) is 1.23. The largest absolute Gasteiger partial charge is 0.475 e. The standard InChI is InChI=1S/C33H51ClNO6P/c1-5-23-27-19-22(36)8-13-33(27,4)26-9-14-32(3)24(6-7-25(32)30(26)31(23)37)20(2)11-16-39-42(38)40-17-12-28(41-42)21-10-15-35-29(34)18-21/h10,15,18,20,22-28,30-31,36-37H,5-9,11-14,16-17,19H2,1-4H3/t20-,22-,23-,24-,25?,26?,27?,28-,30?,31-,32-,33-,42+/m1/s1. The van der Waals surface area contributed by atoms with Crippen LogP contribution in [-0.4, -0.2) is 40.6 Å². The van der Waals surface area contributed by atoms with Crippen molar-refractivity contribution in [2.45, 2.75) is 110 Å².